The van der Waals surface area contributed by atoms with Crippen molar-refractivity contribution < 1.29 is 16.8 Å². The van der Waals surface area contributed by atoms with Crippen molar-refractivity contribution in [1.82, 2.24) is 0 Å². The fourth-order valence-electron chi connectivity index (χ4n) is 7.53. The van der Waals surface area contributed by atoms with Gasteiger partial charge in [-0.15, -0.1) is 0 Å². The Morgan fingerprint density at radius 1 is 0.396 bits per heavy atom. The zero-order valence-corrected chi connectivity index (χ0v) is 30.5. The first-order chi connectivity index (χ1) is 25.7. The minimum absolute atomic E-state index is 0.208. The summed E-state index contributed by atoms with van der Waals surface area (Å²) in [6.07, 6.45) is 0. The van der Waals surface area contributed by atoms with Gasteiger partial charge in [-0.05, 0) is 104 Å². The number of hydrogen-bond acceptors (Lipinski definition) is 7. The minimum atomic E-state index is -3.82. The average molecular weight is 732 g/mol. The summed E-state index contributed by atoms with van der Waals surface area (Å²) >= 11 is 0. The number of aryl methyl sites for hydroxylation is 2. The van der Waals surface area contributed by atoms with E-state index in [-0.39, 0.29) is 19.6 Å². The van der Waals surface area contributed by atoms with Crippen molar-refractivity contribution >= 4 is 70.9 Å². The van der Waals surface area contributed by atoms with E-state index < -0.39 is 19.7 Å². The Kier molecular flexibility index (Phi) is 7.55. The van der Waals surface area contributed by atoms with Gasteiger partial charge in [-0.25, -0.2) is 16.8 Å². The van der Waals surface area contributed by atoms with E-state index in [4.69, 9.17) is 0 Å². The van der Waals surface area contributed by atoms with Crippen molar-refractivity contribution in [3.8, 4) is 0 Å². The maximum atomic E-state index is 14.0. The van der Waals surface area contributed by atoms with Gasteiger partial charge in [-0.1, -0.05) is 84.9 Å². The van der Waals surface area contributed by atoms with Crippen LogP contribution < -0.4 is 14.7 Å². The molecular weight excluding hydrogens is 699 g/mol. The summed E-state index contributed by atoms with van der Waals surface area (Å²) in [5.74, 6) is 0. The Hall–Kier alpha value is -6.16. The molecule has 0 atom stereocenters. The molecule has 0 aliphatic carbocycles. The second-order valence-corrected chi connectivity index (χ2v) is 16.9. The topological polar surface area (TPSA) is 78.0 Å². The normalized spacial score (nSPS) is 14.8. The third-order valence-corrected chi connectivity index (χ3v) is 13.7. The van der Waals surface area contributed by atoms with E-state index in [0.29, 0.717) is 34.1 Å². The van der Waals surface area contributed by atoms with Gasteiger partial charge in [0.15, 0.2) is 0 Å². The lowest BCUT2D eigenvalue weighted by Crippen LogP contribution is -2.24. The Labute approximate surface area is 309 Å². The van der Waals surface area contributed by atoms with Crippen LogP contribution in [0, 0.1) is 13.8 Å². The van der Waals surface area contributed by atoms with Crippen molar-refractivity contribution in [2.24, 2.45) is 0 Å². The predicted molar refractivity (Wildman–Crippen MR) is 211 cm³/mol. The van der Waals surface area contributed by atoms with Crippen LogP contribution in [0.3, 0.4) is 0 Å². The third kappa shape index (κ3) is 5.07. The molecule has 0 bridgehead atoms. The van der Waals surface area contributed by atoms with Crippen molar-refractivity contribution in [2.75, 3.05) is 14.7 Å². The van der Waals surface area contributed by atoms with Crippen LogP contribution in [0.15, 0.2) is 183 Å². The summed E-state index contributed by atoms with van der Waals surface area (Å²) in [4.78, 5) is 7.03. The molecule has 7 nitrogen and oxygen atoms in total. The molecule has 0 unspecified atom stereocenters. The highest BCUT2D eigenvalue weighted by molar-refractivity contribution is 7.92. The Bertz CT molecular complexity index is 2540. The monoisotopic (exact) mass is 731 g/mol. The van der Waals surface area contributed by atoms with Crippen LogP contribution >= 0.6 is 0 Å². The lowest BCUT2D eigenvalue weighted by Gasteiger charge is -2.37. The summed E-state index contributed by atoms with van der Waals surface area (Å²) in [6.45, 7) is 4.16. The van der Waals surface area contributed by atoms with E-state index in [1.54, 1.807) is 48.5 Å². The van der Waals surface area contributed by atoms with Gasteiger partial charge in [0, 0.05) is 11.4 Å². The number of anilines is 9. The summed E-state index contributed by atoms with van der Waals surface area (Å²) in [5, 5.41) is 0. The van der Waals surface area contributed by atoms with Crippen LogP contribution in [0.25, 0.3) is 0 Å². The summed E-state index contributed by atoms with van der Waals surface area (Å²) in [5.41, 5.74) is 8.33. The third-order valence-electron chi connectivity index (χ3n) is 9.96. The molecule has 7 aromatic carbocycles. The van der Waals surface area contributed by atoms with Gasteiger partial charge in [-0.2, -0.15) is 0 Å². The maximum absolute atomic E-state index is 14.0. The van der Waals surface area contributed by atoms with Crippen LogP contribution in [0.1, 0.15) is 11.1 Å². The summed E-state index contributed by atoms with van der Waals surface area (Å²) in [6, 6.07) is 50.8. The molecule has 0 saturated carbocycles. The van der Waals surface area contributed by atoms with E-state index in [9.17, 15) is 16.8 Å². The lowest BCUT2D eigenvalue weighted by atomic mass is 10.1. The highest BCUT2D eigenvalue weighted by Crippen LogP contribution is 2.53. The van der Waals surface area contributed by atoms with E-state index in [2.05, 4.69) is 55.1 Å². The van der Waals surface area contributed by atoms with Gasteiger partial charge >= 0.3 is 0 Å². The van der Waals surface area contributed by atoms with E-state index in [0.717, 1.165) is 28.2 Å². The molecular formula is C44H33N3O4S2. The molecule has 2 aliphatic rings. The maximum Gasteiger partial charge on any atom is 0.210 e. The van der Waals surface area contributed by atoms with Crippen LogP contribution in [-0.4, -0.2) is 16.8 Å². The van der Waals surface area contributed by atoms with Gasteiger partial charge in [-0.3, -0.25) is 0 Å². The highest BCUT2D eigenvalue weighted by atomic mass is 32.2. The van der Waals surface area contributed by atoms with Crippen LogP contribution in [-0.2, 0) is 19.7 Å². The first-order valence-corrected chi connectivity index (χ1v) is 20.2. The number of fused-ring (bicyclic) bond motifs is 4. The van der Waals surface area contributed by atoms with E-state index >= 15 is 0 Å². The predicted octanol–water partition coefficient (Wildman–Crippen LogP) is 11.0. The number of benzene rings is 7. The molecule has 9 heteroatoms. The van der Waals surface area contributed by atoms with Crippen molar-refractivity contribution in [1.29, 1.82) is 0 Å². The van der Waals surface area contributed by atoms with Gasteiger partial charge in [0.05, 0.1) is 59.4 Å². The average Bonchev–Trinajstić information content (AvgIpc) is 3.17. The molecule has 0 aromatic heterocycles. The Balaban J connectivity index is 1.40. The number of sulfone groups is 2. The number of para-hydroxylation sites is 6. The zero-order chi connectivity index (χ0) is 36.5. The molecule has 0 fully saturated rings. The Morgan fingerprint density at radius 3 is 1.04 bits per heavy atom. The second-order valence-electron chi connectivity index (χ2n) is 13.2. The van der Waals surface area contributed by atoms with Crippen molar-refractivity contribution in [2.45, 2.75) is 33.4 Å². The van der Waals surface area contributed by atoms with Crippen LogP contribution in [0.2, 0.25) is 0 Å². The molecule has 0 saturated heterocycles. The van der Waals surface area contributed by atoms with Crippen LogP contribution in [0.4, 0.5) is 51.2 Å². The number of hydrogen-bond donors (Lipinski definition) is 0. The molecule has 0 radical (unpaired) electrons. The van der Waals surface area contributed by atoms with Gasteiger partial charge in [0.25, 0.3) is 0 Å². The Morgan fingerprint density at radius 2 is 0.698 bits per heavy atom. The van der Waals surface area contributed by atoms with Gasteiger partial charge in [0.1, 0.15) is 0 Å². The molecule has 53 heavy (non-hydrogen) atoms. The molecule has 0 N–H and O–H groups in total. The molecule has 260 valence electrons. The second kappa shape index (κ2) is 12.2. The number of nitrogens with zero attached hydrogens (tertiary/aromatic N) is 3. The smallest absolute Gasteiger partial charge is 0.210 e. The zero-order valence-electron chi connectivity index (χ0n) is 28.9. The minimum Gasteiger partial charge on any atom is -0.310 e. The van der Waals surface area contributed by atoms with E-state index in [1.807, 2.05) is 88.7 Å². The SMILES string of the molecule is Cc1ccccc1N(c1cc(N2c3ccccc3S(=O)(=O)c3ccccc32)cc(N2c3ccccc3S(=O)(=O)c3ccccc32)c1)c1ccccc1C. The van der Waals surface area contributed by atoms with E-state index in [1.165, 1.54) is 0 Å². The molecule has 9 rings (SSSR count). The van der Waals surface area contributed by atoms with Crippen molar-refractivity contribution in [3.63, 3.8) is 0 Å². The summed E-state index contributed by atoms with van der Waals surface area (Å²) < 4.78 is 56.2. The standard InChI is InChI=1S/C44H33N3O4S2/c1-30-15-3-5-17-35(30)45(36-18-6-4-16-31(36)2)32-27-33(46-37-19-7-11-23-41(37)52(48,49)42-24-12-8-20-38(42)46)29-34(28-32)47-39-21-9-13-25-43(39)53(50,51)44-26-14-10-22-40(44)47/h3-29H,1-2H3. The van der Waals surface area contributed by atoms with Crippen LogP contribution in [0.5, 0.6) is 0 Å². The van der Waals surface area contributed by atoms with Gasteiger partial charge in [0.2, 0.25) is 19.7 Å². The summed E-state index contributed by atoms with van der Waals surface area (Å²) in [7, 11) is -7.64. The number of rotatable bonds is 5. The molecule has 0 amide bonds. The molecule has 7 aromatic rings. The first-order valence-electron chi connectivity index (χ1n) is 17.2. The lowest BCUT2D eigenvalue weighted by molar-refractivity contribution is 0.593. The quantitative estimate of drug-likeness (QED) is 0.174. The fraction of sp³-hybridized carbons (Fsp3) is 0.0455. The molecule has 2 heterocycles. The first kappa shape index (κ1) is 32.7. The van der Waals surface area contributed by atoms with Crippen molar-refractivity contribution in [3.05, 3.63) is 175 Å². The molecule has 0 spiro atoms. The largest absolute Gasteiger partial charge is 0.310 e. The molecule has 2 aliphatic heterocycles. The highest BCUT2D eigenvalue weighted by Gasteiger charge is 2.37. The fourth-order valence-corrected chi connectivity index (χ4v) is 10.8. The van der Waals surface area contributed by atoms with Gasteiger partial charge < -0.3 is 14.7 Å².